The number of urea groups is 1. The number of rotatable bonds is 7. The lowest BCUT2D eigenvalue weighted by Gasteiger charge is -2.18. The Kier molecular flexibility index (Phi) is 5.57. The van der Waals surface area contributed by atoms with Crippen LogP contribution in [-0.4, -0.2) is 26.8 Å². The molecule has 1 saturated carbocycles. The molecule has 0 spiro atoms. The molecule has 2 aromatic rings. The number of hydrogen-bond donors (Lipinski definition) is 2. The van der Waals surface area contributed by atoms with Crippen molar-refractivity contribution in [3.05, 3.63) is 58.6 Å². The minimum Gasteiger partial charge on any atom is -0.493 e. The van der Waals surface area contributed by atoms with Crippen LogP contribution < -0.4 is 20.1 Å². The third-order valence-electron chi connectivity index (χ3n) is 4.65. The van der Waals surface area contributed by atoms with Gasteiger partial charge < -0.3 is 20.1 Å². The lowest BCUT2D eigenvalue weighted by Crippen LogP contribution is -2.42. The summed E-state index contributed by atoms with van der Waals surface area (Å²) in [5.41, 5.74) is 1.91. The van der Waals surface area contributed by atoms with Crippen molar-refractivity contribution < 1.29 is 14.3 Å². The van der Waals surface area contributed by atoms with Gasteiger partial charge >= 0.3 is 6.03 Å². The van der Waals surface area contributed by atoms with Crippen LogP contribution in [0.15, 0.2) is 42.5 Å². The fraction of sp³-hybridized carbons (Fsp3) is 0.350. The smallest absolute Gasteiger partial charge is 0.315 e. The lowest BCUT2D eigenvalue weighted by molar-refractivity contribution is 0.236. The van der Waals surface area contributed by atoms with Crippen molar-refractivity contribution in [1.82, 2.24) is 10.6 Å². The first-order valence-corrected chi connectivity index (χ1v) is 8.97. The summed E-state index contributed by atoms with van der Waals surface area (Å²) in [5.74, 6) is 1.38. The Labute approximate surface area is 158 Å². The summed E-state index contributed by atoms with van der Waals surface area (Å²) in [6, 6.07) is 13.3. The largest absolute Gasteiger partial charge is 0.493 e. The minimum atomic E-state index is -0.252. The van der Waals surface area contributed by atoms with Crippen LogP contribution in [0.25, 0.3) is 0 Å². The maximum atomic E-state index is 12.3. The maximum absolute atomic E-state index is 12.3. The molecule has 0 saturated heterocycles. The summed E-state index contributed by atoms with van der Waals surface area (Å²) in [4.78, 5) is 12.3. The molecule has 0 atom stereocenters. The molecule has 0 aromatic heterocycles. The first-order chi connectivity index (χ1) is 12.6. The van der Waals surface area contributed by atoms with Crippen molar-refractivity contribution in [3.63, 3.8) is 0 Å². The predicted octanol–water partition coefficient (Wildman–Crippen LogP) is 3.89. The van der Waals surface area contributed by atoms with Crippen molar-refractivity contribution in [2.75, 3.05) is 20.8 Å². The third-order valence-corrected chi connectivity index (χ3v) is 4.90. The van der Waals surface area contributed by atoms with E-state index in [0.29, 0.717) is 29.5 Å². The molecule has 1 aliphatic carbocycles. The highest BCUT2D eigenvalue weighted by Gasteiger charge is 2.45. The molecule has 6 heteroatoms. The zero-order chi connectivity index (χ0) is 18.6. The molecule has 0 aliphatic heterocycles. The van der Waals surface area contributed by atoms with Gasteiger partial charge in [0.05, 0.1) is 19.8 Å². The van der Waals surface area contributed by atoms with Gasteiger partial charge in [0.1, 0.15) is 0 Å². The molecule has 1 aliphatic rings. The minimum absolute atomic E-state index is 0.155. The number of carbonyl (C=O) groups excluding carboxylic acids is 1. The van der Waals surface area contributed by atoms with Gasteiger partial charge in [0, 0.05) is 11.6 Å². The molecule has 0 radical (unpaired) electrons. The van der Waals surface area contributed by atoms with Gasteiger partial charge in [-0.2, -0.15) is 0 Å². The number of nitrogens with one attached hydrogen (secondary N) is 2. The van der Waals surface area contributed by atoms with E-state index in [4.69, 9.17) is 21.1 Å². The lowest BCUT2D eigenvalue weighted by atomic mass is 10.1. The molecule has 0 heterocycles. The van der Waals surface area contributed by atoms with Gasteiger partial charge in [-0.05, 0) is 54.7 Å². The third kappa shape index (κ3) is 4.22. The second-order valence-corrected chi connectivity index (χ2v) is 6.85. The average molecular weight is 375 g/mol. The summed E-state index contributed by atoms with van der Waals surface area (Å²) >= 11 is 5.94. The van der Waals surface area contributed by atoms with Crippen LogP contribution in [0.5, 0.6) is 11.5 Å². The van der Waals surface area contributed by atoms with Crippen LogP contribution in [-0.2, 0) is 12.0 Å². The summed E-state index contributed by atoms with van der Waals surface area (Å²) in [7, 11) is 3.22. The highest BCUT2D eigenvalue weighted by atomic mass is 35.5. The fourth-order valence-electron chi connectivity index (χ4n) is 3.00. The van der Waals surface area contributed by atoms with E-state index in [1.165, 1.54) is 0 Å². The Morgan fingerprint density at radius 1 is 1.08 bits per heavy atom. The van der Waals surface area contributed by atoms with Crippen LogP contribution in [0.2, 0.25) is 5.02 Å². The monoisotopic (exact) mass is 374 g/mol. The van der Waals surface area contributed by atoms with Crippen molar-refractivity contribution in [3.8, 4) is 11.5 Å². The molecule has 0 bridgehead atoms. The van der Waals surface area contributed by atoms with E-state index in [2.05, 4.69) is 10.6 Å². The number of ether oxygens (including phenoxy) is 2. The van der Waals surface area contributed by atoms with Crippen LogP contribution >= 0.6 is 11.6 Å². The van der Waals surface area contributed by atoms with E-state index < -0.39 is 0 Å². The van der Waals surface area contributed by atoms with Gasteiger partial charge in [0.2, 0.25) is 0 Å². The Morgan fingerprint density at radius 3 is 2.38 bits per heavy atom. The van der Waals surface area contributed by atoms with Gasteiger partial charge in [-0.3, -0.25) is 0 Å². The Bertz CT molecular complexity index is 773. The summed E-state index contributed by atoms with van der Waals surface area (Å²) in [5, 5.41) is 6.72. The standard InChI is InChI=1S/C20H23ClN2O3/c1-25-17-8-3-14(13-18(17)26-2)9-12-22-19(24)23-20(10-11-20)15-4-6-16(21)7-5-15/h3-8,13H,9-12H2,1-2H3,(H2,22,23,24). The van der Waals surface area contributed by atoms with Crippen LogP contribution in [0.4, 0.5) is 4.79 Å². The normalized spacial score (nSPS) is 14.4. The number of hydrogen-bond acceptors (Lipinski definition) is 3. The summed E-state index contributed by atoms with van der Waals surface area (Å²) < 4.78 is 10.5. The molecule has 5 nitrogen and oxygen atoms in total. The first kappa shape index (κ1) is 18.4. The SMILES string of the molecule is COc1ccc(CCNC(=O)NC2(c3ccc(Cl)cc3)CC2)cc1OC. The van der Waals surface area contributed by atoms with Gasteiger partial charge in [-0.25, -0.2) is 4.79 Å². The van der Waals surface area contributed by atoms with E-state index in [0.717, 1.165) is 24.0 Å². The Hall–Kier alpha value is -2.40. The molecule has 1 fully saturated rings. The van der Waals surface area contributed by atoms with Crippen molar-refractivity contribution >= 4 is 17.6 Å². The zero-order valence-electron chi connectivity index (χ0n) is 15.0. The second kappa shape index (κ2) is 7.87. The molecular weight excluding hydrogens is 352 g/mol. The van der Waals surface area contributed by atoms with Crippen LogP contribution in [0, 0.1) is 0 Å². The molecule has 2 N–H and O–H groups in total. The number of halogens is 1. The molecule has 0 unspecified atom stereocenters. The van der Waals surface area contributed by atoms with Gasteiger partial charge in [0.15, 0.2) is 11.5 Å². The Morgan fingerprint density at radius 2 is 1.77 bits per heavy atom. The van der Waals surface area contributed by atoms with Crippen LogP contribution in [0.3, 0.4) is 0 Å². The number of methoxy groups -OCH3 is 2. The number of benzene rings is 2. The zero-order valence-corrected chi connectivity index (χ0v) is 15.7. The van der Waals surface area contributed by atoms with Gasteiger partial charge in [0.25, 0.3) is 0 Å². The van der Waals surface area contributed by atoms with Gasteiger partial charge in [-0.15, -0.1) is 0 Å². The van der Waals surface area contributed by atoms with Crippen molar-refractivity contribution in [2.24, 2.45) is 0 Å². The topological polar surface area (TPSA) is 59.6 Å². The average Bonchev–Trinajstić information content (AvgIpc) is 3.42. The van der Waals surface area contributed by atoms with Crippen LogP contribution in [0.1, 0.15) is 24.0 Å². The highest BCUT2D eigenvalue weighted by molar-refractivity contribution is 6.30. The van der Waals surface area contributed by atoms with E-state index in [9.17, 15) is 4.79 Å². The highest BCUT2D eigenvalue weighted by Crippen LogP contribution is 2.45. The van der Waals surface area contributed by atoms with Gasteiger partial charge in [-0.1, -0.05) is 29.8 Å². The number of carbonyl (C=O) groups is 1. The van der Waals surface area contributed by atoms with Crippen molar-refractivity contribution in [1.29, 1.82) is 0 Å². The quantitative estimate of drug-likeness (QED) is 0.773. The van der Waals surface area contributed by atoms with Crippen molar-refractivity contribution in [2.45, 2.75) is 24.8 Å². The second-order valence-electron chi connectivity index (χ2n) is 6.41. The summed E-state index contributed by atoms with van der Waals surface area (Å²) in [6.45, 7) is 0.540. The van der Waals surface area contributed by atoms with E-state index >= 15 is 0 Å². The van der Waals surface area contributed by atoms with E-state index in [1.807, 2.05) is 42.5 Å². The van der Waals surface area contributed by atoms with E-state index in [1.54, 1.807) is 14.2 Å². The predicted molar refractivity (Wildman–Crippen MR) is 102 cm³/mol. The number of amides is 2. The fourth-order valence-corrected chi connectivity index (χ4v) is 3.12. The Balaban J connectivity index is 1.51. The molecule has 138 valence electrons. The first-order valence-electron chi connectivity index (χ1n) is 8.59. The molecular formula is C20H23ClN2O3. The molecule has 2 amide bonds. The summed E-state index contributed by atoms with van der Waals surface area (Å²) in [6.07, 6.45) is 2.59. The molecule has 2 aromatic carbocycles. The molecule has 3 rings (SSSR count). The molecule has 26 heavy (non-hydrogen) atoms. The van der Waals surface area contributed by atoms with E-state index in [-0.39, 0.29) is 11.6 Å². The maximum Gasteiger partial charge on any atom is 0.315 e.